The van der Waals surface area contributed by atoms with E-state index in [1.807, 2.05) is 6.07 Å². The highest BCUT2D eigenvalue weighted by Crippen LogP contribution is 2.18. The van der Waals surface area contributed by atoms with Gasteiger partial charge in [0, 0.05) is 6.04 Å². The molecule has 0 fully saturated rings. The Hall–Kier alpha value is -1.31. The van der Waals surface area contributed by atoms with E-state index in [-0.39, 0.29) is 0 Å². The van der Waals surface area contributed by atoms with Crippen molar-refractivity contribution in [1.29, 1.82) is 0 Å². The molecule has 0 spiro atoms. The second-order valence-electron chi connectivity index (χ2n) is 3.87. The second-order valence-corrected chi connectivity index (χ2v) is 3.87. The average molecular weight is 190 g/mol. The second kappa shape index (κ2) is 4.80. The van der Waals surface area contributed by atoms with Crippen molar-refractivity contribution in [3.05, 3.63) is 29.3 Å². The van der Waals surface area contributed by atoms with Crippen LogP contribution in [-0.2, 0) is 0 Å². The zero-order valence-corrected chi connectivity index (χ0v) is 9.33. The Bertz CT molecular complexity index is 327. The molecule has 14 heavy (non-hydrogen) atoms. The van der Waals surface area contributed by atoms with E-state index in [0.717, 1.165) is 5.69 Å². The molecule has 0 aliphatic carbocycles. The van der Waals surface area contributed by atoms with E-state index in [0.29, 0.717) is 6.04 Å². The smallest absolute Gasteiger partial charge is 0.0888 e. The molecule has 1 aromatic carbocycles. The van der Waals surface area contributed by atoms with Gasteiger partial charge in [-0.2, -0.15) is 0 Å². The number of benzene rings is 1. The van der Waals surface area contributed by atoms with E-state index >= 15 is 0 Å². The summed E-state index contributed by atoms with van der Waals surface area (Å²) in [5.74, 6) is 0. The number of aryl methyl sites for hydroxylation is 2. The number of aliphatic imine (C=N–C) groups is 1. The largest absolute Gasteiger partial charge is 0.374 e. The van der Waals surface area contributed by atoms with Crippen LogP contribution in [0.4, 0.5) is 5.69 Å². The molecule has 0 saturated carbocycles. The van der Waals surface area contributed by atoms with E-state index in [4.69, 9.17) is 0 Å². The van der Waals surface area contributed by atoms with Crippen molar-refractivity contribution in [3.8, 4) is 0 Å². The summed E-state index contributed by atoms with van der Waals surface area (Å²) in [6, 6.07) is 6.70. The van der Waals surface area contributed by atoms with Gasteiger partial charge in [-0.3, -0.25) is 0 Å². The van der Waals surface area contributed by atoms with E-state index in [2.05, 4.69) is 50.1 Å². The molecule has 2 nitrogen and oxygen atoms in total. The first-order chi connectivity index (χ1) is 6.59. The molecule has 1 rings (SSSR count). The maximum atomic E-state index is 4.35. The molecule has 0 radical (unpaired) electrons. The fourth-order valence-electron chi connectivity index (χ4n) is 1.21. The topological polar surface area (TPSA) is 24.4 Å². The van der Waals surface area contributed by atoms with E-state index in [1.54, 1.807) is 6.34 Å². The van der Waals surface area contributed by atoms with E-state index in [1.165, 1.54) is 11.1 Å². The fraction of sp³-hybridized carbons (Fsp3) is 0.417. The van der Waals surface area contributed by atoms with Gasteiger partial charge >= 0.3 is 0 Å². The SMILES string of the molecule is Cc1ccc(N=CNC(C)C)c(C)c1. The highest BCUT2D eigenvalue weighted by atomic mass is 15.0. The van der Waals surface area contributed by atoms with Crippen molar-refractivity contribution in [2.45, 2.75) is 33.7 Å². The maximum Gasteiger partial charge on any atom is 0.0888 e. The molecule has 0 aliphatic heterocycles. The van der Waals surface area contributed by atoms with Crippen molar-refractivity contribution in [2.24, 2.45) is 4.99 Å². The van der Waals surface area contributed by atoms with Gasteiger partial charge in [-0.25, -0.2) is 4.99 Å². The quantitative estimate of drug-likeness (QED) is 0.575. The molecule has 0 amide bonds. The van der Waals surface area contributed by atoms with Crippen LogP contribution in [0.1, 0.15) is 25.0 Å². The lowest BCUT2D eigenvalue weighted by molar-refractivity contribution is 0.744. The van der Waals surface area contributed by atoms with E-state index in [9.17, 15) is 0 Å². The minimum atomic E-state index is 0.435. The summed E-state index contributed by atoms with van der Waals surface area (Å²) in [5, 5.41) is 3.14. The molecule has 0 unspecified atom stereocenters. The van der Waals surface area contributed by atoms with Crippen LogP contribution < -0.4 is 5.32 Å². The number of rotatable bonds is 3. The molecule has 0 aromatic heterocycles. The molecule has 0 atom stereocenters. The van der Waals surface area contributed by atoms with Gasteiger partial charge in [-0.15, -0.1) is 0 Å². The molecule has 1 aromatic rings. The molecule has 1 N–H and O–H groups in total. The summed E-state index contributed by atoms with van der Waals surface area (Å²) in [4.78, 5) is 4.35. The lowest BCUT2D eigenvalue weighted by Crippen LogP contribution is -2.20. The zero-order chi connectivity index (χ0) is 10.6. The molecule has 0 bridgehead atoms. The predicted octanol–water partition coefficient (Wildman–Crippen LogP) is 2.96. The number of nitrogens with zero attached hydrogens (tertiary/aromatic N) is 1. The number of hydrogen-bond acceptors (Lipinski definition) is 1. The Kier molecular flexibility index (Phi) is 3.69. The van der Waals surface area contributed by atoms with Crippen LogP contribution in [0, 0.1) is 13.8 Å². The van der Waals surface area contributed by atoms with Crippen LogP contribution in [0.3, 0.4) is 0 Å². The highest BCUT2D eigenvalue weighted by molar-refractivity contribution is 5.63. The van der Waals surface area contributed by atoms with Gasteiger partial charge in [0.05, 0.1) is 12.0 Å². The first kappa shape index (κ1) is 10.8. The Labute approximate surface area is 86.1 Å². The summed E-state index contributed by atoms with van der Waals surface area (Å²) in [5.41, 5.74) is 3.52. The Balaban J connectivity index is 2.72. The molecule has 0 saturated heterocycles. The summed E-state index contributed by atoms with van der Waals surface area (Å²) in [6.45, 7) is 8.35. The van der Waals surface area contributed by atoms with Crippen molar-refractivity contribution in [2.75, 3.05) is 0 Å². The molecule has 0 aliphatic rings. The Morgan fingerprint density at radius 2 is 2.00 bits per heavy atom. The van der Waals surface area contributed by atoms with Crippen LogP contribution in [0.2, 0.25) is 0 Å². The summed E-state index contributed by atoms with van der Waals surface area (Å²) < 4.78 is 0. The summed E-state index contributed by atoms with van der Waals surface area (Å²) >= 11 is 0. The maximum absolute atomic E-state index is 4.35. The van der Waals surface area contributed by atoms with Gasteiger partial charge in [0.2, 0.25) is 0 Å². The van der Waals surface area contributed by atoms with Gasteiger partial charge in [0.15, 0.2) is 0 Å². The average Bonchev–Trinajstić information content (AvgIpc) is 2.08. The van der Waals surface area contributed by atoms with Gasteiger partial charge in [0.1, 0.15) is 0 Å². The predicted molar refractivity (Wildman–Crippen MR) is 62.3 cm³/mol. The molecule has 0 heterocycles. The Morgan fingerprint density at radius 3 is 2.57 bits per heavy atom. The first-order valence-corrected chi connectivity index (χ1v) is 4.95. The van der Waals surface area contributed by atoms with Gasteiger partial charge in [0.25, 0.3) is 0 Å². The molecule has 76 valence electrons. The third kappa shape index (κ3) is 3.21. The number of nitrogens with one attached hydrogen (secondary N) is 1. The van der Waals surface area contributed by atoms with Gasteiger partial charge < -0.3 is 5.32 Å². The fourth-order valence-corrected chi connectivity index (χ4v) is 1.21. The van der Waals surface area contributed by atoms with Crippen molar-refractivity contribution >= 4 is 12.0 Å². The summed E-state index contributed by atoms with van der Waals surface area (Å²) in [7, 11) is 0. The highest BCUT2D eigenvalue weighted by Gasteiger charge is 1.94. The number of hydrogen-bond donors (Lipinski definition) is 1. The van der Waals surface area contributed by atoms with Crippen LogP contribution in [0.15, 0.2) is 23.2 Å². The molecular formula is C12H18N2. The van der Waals surface area contributed by atoms with Gasteiger partial charge in [-0.05, 0) is 39.3 Å². The van der Waals surface area contributed by atoms with Gasteiger partial charge in [-0.1, -0.05) is 17.7 Å². The third-order valence-electron chi connectivity index (χ3n) is 1.96. The monoisotopic (exact) mass is 190 g/mol. The summed E-state index contributed by atoms with van der Waals surface area (Å²) in [6.07, 6.45) is 1.77. The van der Waals surface area contributed by atoms with Crippen LogP contribution in [0.5, 0.6) is 0 Å². The van der Waals surface area contributed by atoms with E-state index < -0.39 is 0 Å². The lowest BCUT2D eigenvalue weighted by Gasteiger charge is -2.04. The van der Waals surface area contributed by atoms with Crippen LogP contribution >= 0.6 is 0 Å². The minimum Gasteiger partial charge on any atom is -0.374 e. The van der Waals surface area contributed by atoms with Crippen molar-refractivity contribution < 1.29 is 0 Å². The van der Waals surface area contributed by atoms with Crippen molar-refractivity contribution in [3.63, 3.8) is 0 Å². The zero-order valence-electron chi connectivity index (χ0n) is 9.33. The minimum absolute atomic E-state index is 0.435. The molecular weight excluding hydrogens is 172 g/mol. The Morgan fingerprint density at radius 1 is 1.29 bits per heavy atom. The standard InChI is InChI=1S/C12H18N2/c1-9(2)13-8-14-12-6-5-10(3)7-11(12)4/h5-9H,1-4H3,(H,13,14). The normalized spacial score (nSPS) is 11.2. The lowest BCUT2D eigenvalue weighted by atomic mass is 10.1. The first-order valence-electron chi connectivity index (χ1n) is 4.95. The van der Waals surface area contributed by atoms with Crippen LogP contribution in [-0.4, -0.2) is 12.4 Å². The molecule has 2 heteroatoms. The van der Waals surface area contributed by atoms with Crippen LogP contribution in [0.25, 0.3) is 0 Å². The third-order valence-corrected chi connectivity index (χ3v) is 1.96. The van der Waals surface area contributed by atoms with Crippen molar-refractivity contribution in [1.82, 2.24) is 5.32 Å².